The highest BCUT2D eigenvalue weighted by atomic mass is 32.2. The van der Waals surface area contributed by atoms with Gasteiger partial charge in [0, 0.05) is 10.8 Å². The molecule has 1 aromatic heterocycles. The lowest BCUT2D eigenvalue weighted by Gasteiger charge is -2.35. The molecule has 30 heavy (non-hydrogen) atoms. The number of methoxy groups -OCH3 is 2. The summed E-state index contributed by atoms with van der Waals surface area (Å²) in [6.07, 6.45) is 0. The molecule has 1 aliphatic heterocycles. The molecule has 0 aliphatic carbocycles. The van der Waals surface area contributed by atoms with Gasteiger partial charge in [0.05, 0.1) is 30.4 Å². The van der Waals surface area contributed by atoms with Crippen LogP contribution in [0.25, 0.3) is 0 Å². The minimum Gasteiger partial charge on any atom is -0.493 e. The third-order valence-electron chi connectivity index (χ3n) is 5.31. The predicted octanol–water partition coefficient (Wildman–Crippen LogP) is 4.44. The second kappa shape index (κ2) is 8.20. The normalized spacial score (nSPS) is 20.4. The van der Waals surface area contributed by atoms with Crippen LogP contribution < -0.4 is 14.3 Å². The first-order valence-electron chi connectivity index (χ1n) is 9.34. The van der Waals surface area contributed by atoms with Gasteiger partial charge < -0.3 is 19.6 Å². The van der Waals surface area contributed by atoms with Crippen LogP contribution in [0.3, 0.4) is 0 Å². The average molecular weight is 444 g/mol. The number of benzene rings is 2. The van der Waals surface area contributed by atoms with E-state index in [1.807, 2.05) is 43.3 Å². The number of fused-ring (bicyclic) bond motifs is 1. The summed E-state index contributed by atoms with van der Waals surface area (Å²) in [6.45, 7) is 1.99. The maximum atomic E-state index is 12.5. The number of hydrogen-bond donors (Lipinski definition) is 2. The van der Waals surface area contributed by atoms with E-state index >= 15 is 0 Å². The first-order chi connectivity index (χ1) is 14.4. The third-order valence-corrected chi connectivity index (χ3v) is 7.78. The van der Waals surface area contributed by atoms with E-state index in [9.17, 15) is 14.7 Å². The quantitative estimate of drug-likeness (QED) is 0.606. The standard InChI is InChI=1S/C22H21NO5S2/c1-11-4-6-12(7-5-11)16-17(21(24)25)18(29-20-19(16)30-22(26)23-20)13-8-9-14(27-2)15(10-13)28-3/h4-10,16-18H,1-3H3,(H,23,26)(H,24,25)/t16-,17+,18+/m0/s1. The van der Waals surface area contributed by atoms with Crippen molar-refractivity contribution >= 4 is 29.1 Å². The number of hydrogen-bond acceptors (Lipinski definition) is 6. The third kappa shape index (κ3) is 3.61. The maximum Gasteiger partial charge on any atom is 0.308 e. The molecule has 0 bridgehead atoms. The number of H-pyrrole nitrogens is 1. The number of aliphatic carboxylic acids is 1. The molecule has 156 valence electrons. The molecule has 0 saturated heterocycles. The first-order valence-corrected chi connectivity index (χ1v) is 11.0. The minimum absolute atomic E-state index is 0.179. The number of carbonyl (C=O) groups is 1. The van der Waals surface area contributed by atoms with Crippen LogP contribution in [-0.4, -0.2) is 30.3 Å². The summed E-state index contributed by atoms with van der Waals surface area (Å²) in [7, 11) is 3.11. The van der Waals surface area contributed by atoms with Gasteiger partial charge in [-0.2, -0.15) is 0 Å². The Balaban J connectivity index is 1.89. The topological polar surface area (TPSA) is 88.6 Å². The van der Waals surface area contributed by atoms with E-state index in [2.05, 4.69) is 4.98 Å². The molecule has 1 aliphatic rings. The highest BCUT2D eigenvalue weighted by molar-refractivity contribution is 7.99. The SMILES string of the molecule is COc1ccc([C@H]2Sc3[nH]c(=O)sc3[C@@H](c3ccc(C)cc3)[C@H]2C(=O)O)cc1OC. The van der Waals surface area contributed by atoms with Gasteiger partial charge in [0.1, 0.15) is 0 Å². The Kier molecular flexibility index (Phi) is 5.62. The number of carboxylic acids is 1. The van der Waals surface area contributed by atoms with Crippen LogP contribution >= 0.6 is 23.1 Å². The summed E-state index contributed by atoms with van der Waals surface area (Å²) >= 11 is 2.47. The van der Waals surface area contributed by atoms with Crippen molar-refractivity contribution < 1.29 is 19.4 Å². The molecule has 8 heteroatoms. The molecular formula is C22H21NO5S2. The Hall–Kier alpha value is -2.71. The van der Waals surface area contributed by atoms with E-state index in [0.717, 1.165) is 37.9 Å². The fraction of sp³-hybridized carbons (Fsp3) is 0.273. The number of ether oxygens (including phenoxy) is 2. The van der Waals surface area contributed by atoms with Gasteiger partial charge in [-0.05, 0) is 30.2 Å². The van der Waals surface area contributed by atoms with Crippen molar-refractivity contribution in [3.8, 4) is 11.5 Å². The summed E-state index contributed by atoms with van der Waals surface area (Å²) in [6, 6.07) is 13.3. The van der Waals surface area contributed by atoms with Crippen molar-refractivity contribution in [2.24, 2.45) is 5.92 Å². The number of thiazole rings is 1. The highest BCUT2D eigenvalue weighted by Crippen LogP contribution is 2.56. The monoisotopic (exact) mass is 443 g/mol. The molecule has 0 fully saturated rings. The zero-order chi connectivity index (χ0) is 21.4. The van der Waals surface area contributed by atoms with Crippen molar-refractivity contribution in [2.45, 2.75) is 23.1 Å². The number of nitrogens with one attached hydrogen (secondary N) is 1. The Morgan fingerprint density at radius 1 is 1.03 bits per heavy atom. The molecule has 0 amide bonds. The smallest absolute Gasteiger partial charge is 0.308 e. The van der Waals surface area contributed by atoms with Crippen LogP contribution in [0.2, 0.25) is 0 Å². The van der Waals surface area contributed by atoms with E-state index in [-0.39, 0.29) is 4.87 Å². The maximum absolute atomic E-state index is 12.5. The number of thioether (sulfide) groups is 1. The number of aryl methyl sites for hydroxylation is 1. The van der Waals surface area contributed by atoms with Crippen LogP contribution in [0.1, 0.15) is 32.7 Å². The summed E-state index contributed by atoms with van der Waals surface area (Å²) < 4.78 is 10.7. The van der Waals surface area contributed by atoms with Crippen LogP contribution in [0, 0.1) is 12.8 Å². The van der Waals surface area contributed by atoms with E-state index in [1.165, 1.54) is 11.8 Å². The van der Waals surface area contributed by atoms with Gasteiger partial charge in [-0.1, -0.05) is 59.0 Å². The summed E-state index contributed by atoms with van der Waals surface area (Å²) in [4.78, 5) is 28.2. The average Bonchev–Trinajstić information content (AvgIpc) is 3.12. The van der Waals surface area contributed by atoms with Crippen LogP contribution in [0.4, 0.5) is 0 Å². The van der Waals surface area contributed by atoms with Crippen molar-refractivity contribution in [3.63, 3.8) is 0 Å². The Bertz CT molecular complexity index is 1140. The summed E-state index contributed by atoms with van der Waals surface area (Å²) in [5.41, 5.74) is 2.78. The Morgan fingerprint density at radius 2 is 1.70 bits per heavy atom. The molecule has 0 saturated carbocycles. The lowest BCUT2D eigenvalue weighted by atomic mass is 9.80. The van der Waals surface area contributed by atoms with Crippen LogP contribution in [0.15, 0.2) is 52.3 Å². The summed E-state index contributed by atoms with van der Waals surface area (Å²) in [5.74, 6) is -0.972. The molecule has 2 N–H and O–H groups in total. The van der Waals surface area contributed by atoms with Gasteiger partial charge in [-0.25, -0.2) is 0 Å². The van der Waals surface area contributed by atoms with Gasteiger partial charge >= 0.3 is 10.8 Å². The van der Waals surface area contributed by atoms with Crippen molar-refractivity contribution in [2.75, 3.05) is 14.2 Å². The van der Waals surface area contributed by atoms with Gasteiger partial charge in [0.25, 0.3) is 0 Å². The predicted molar refractivity (Wildman–Crippen MR) is 117 cm³/mol. The zero-order valence-corrected chi connectivity index (χ0v) is 18.3. The van der Waals surface area contributed by atoms with E-state index in [0.29, 0.717) is 11.5 Å². The van der Waals surface area contributed by atoms with Gasteiger partial charge in [0.15, 0.2) is 11.5 Å². The summed E-state index contributed by atoms with van der Waals surface area (Å²) in [5, 5.41) is 10.6. The largest absolute Gasteiger partial charge is 0.493 e. The molecule has 3 atom stereocenters. The molecule has 0 spiro atoms. The van der Waals surface area contributed by atoms with Crippen molar-refractivity contribution in [1.82, 2.24) is 4.98 Å². The lowest BCUT2D eigenvalue weighted by Crippen LogP contribution is -2.30. The minimum atomic E-state index is -0.903. The number of aromatic nitrogens is 1. The second-order valence-corrected chi connectivity index (χ2v) is 9.28. The number of rotatable bonds is 5. The number of aromatic amines is 1. The van der Waals surface area contributed by atoms with Crippen LogP contribution in [-0.2, 0) is 4.79 Å². The zero-order valence-electron chi connectivity index (χ0n) is 16.7. The van der Waals surface area contributed by atoms with Crippen molar-refractivity contribution in [1.29, 1.82) is 0 Å². The van der Waals surface area contributed by atoms with Gasteiger partial charge in [-0.3, -0.25) is 9.59 Å². The fourth-order valence-electron chi connectivity index (χ4n) is 3.87. The molecular weight excluding hydrogens is 422 g/mol. The second-order valence-electron chi connectivity index (χ2n) is 7.11. The first kappa shape index (κ1) is 20.6. The van der Waals surface area contributed by atoms with Crippen LogP contribution in [0.5, 0.6) is 11.5 Å². The lowest BCUT2D eigenvalue weighted by molar-refractivity contribution is -0.142. The molecule has 0 radical (unpaired) electrons. The highest BCUT2D eigenvalue weighted by Gasteiger charge is 2.45. The molecule has 4 rings (SSSR count). The molecule has 2 heterocycles. The molecule has 3 aromatic rings. The van der Waals surface area contributed by atoms with Gasteiger partial charge in [0.2, 0.25) is 0 Å². The Morgan fingerprint density at radius 3 is 2.33 bits per heavy atom. The van der Waals surface area contributed by atoms with E-state index < -0.39 is 23.1 Å². The van der Waals surface area contributed by atoms with E-state index in [4.69, 9.17) is 9.47 Å². The molecule has 0 unspecified atom stereocenters. The van der Waals surface area contributed by atoms with Gasteiger partial charge in [-0.15, -0.1) is 0 Å². The van der Waals surface area contributed by atoms with Crippen molar-refractivity contribution in [3.05, 3.63) is 73.7 Å². The van der Waals surface area contributed by atoms with E-state index in [1.54, 1.807) is 20.3 Å². The molecule has 2 aromatic carbocycles. The molecule has 6 nitrogen and oxygen atoms in total. The fourth-order valence-corrected chi connectivity index (χ4v) is 6.46. The Labute approximate surface area is 181 Å². The number of carboxylic acid groups (broad SMARTS) is 1.